The van der Waals surface area contributed by atoms with Gasteiger partial charge in [0.1, 0.15) is 0 Å². The summed E-state index contributed by atoms with van der Waals surface area (Å²) in [4.78, 5) is 13.4. The highest BCUT2D eigenvalue weighted by molar-refractivity contribution is 6.31. The molecule has 0 aromatic heterocycles. The molecule has 2 aromatic rings. The van der Waals surface area contributed by atoms with E-state index < -0.39 is 5.97 Å². The topological polar surface area (TPSA) is 40.5 Å². The summed E-state index contributed by atoms with van der Waals surface area (Å²) < 4.78 is 0. The lowest BCUT2D eigenvalue weighted by Gasteiger charge is -2.42. The zero-order valence-electron chi connectivity index (χ0n) is 10.8. The molecule has 2 aromatic carbocycles. The van der Waals surface area contributed by atoms with E-state index in [0.29, 0.717) is 10.9 Å². The second-order valence-electron chi connectivity index (χ2n) is 4.98. The van der Waals surface area contributed by atoms with Gasteiger partial charge >= 0.3 is 5.97 Å². The predicted octanol–water partition coefficient (Wildman–Crippen LogP) is 3.64. The van der Waals surface area contributed by atoms with Gasteiger partial charge in [0.2, 0.25) is 0 Å². The van der Waals surface area contributed by atoms with E-state index in [9.17, 15) is 9.90 Å². The molecule has 1 heterocycles. The van der Waals surface area contributed by atoms with Gasteiger partial charge in [-0.3, -0.25) is 0 Å². The van der Waals surface area contributed by atoms with Crippen molar-refractivity contribution in [2.75, 3.05) is 18.0 Å². The molecule has 1 N–H and O–H groups in total. The number of nitrogens with zero attached hydrogens (tertiary/aromatic N) is 1. The number of anilines is 1. The minimum atomic E-state index is -0.939. The van der Waals surface area contributed by atoms with Crippen LogP contribution in [-0.4, -0.2) is 24.2 Å². The van der Waals surface area contributed by atoms with E-state index in [1.165, 1.54) is 11.6 Å². The van der Waals surface area contributed by atoms with Crippen LogP contribution in [0.1, 0.15) is 21.8 Å². The molecule has 4 heteroatoms. The second-order valence-corrected chi connectivity index (χ2v) is 5.42. The molecule has 0 saturated carbocycles. The van der Waals surface area contributed by atoms with Crippen molar-refractivity contribution in [3.05, 3.63) is 64.7 Å². The van der Waals surface area contributed by atoms with E-state index in [2.05, 4.69) is 17.0 Å². The molecule has 102 valence electrons. The first-order chi connectivity index (χ1) is 9.65. The molecule has 3 nitrogen and oxygen atoms in total. The SMILES string of the molecule is O=C(O)c1cc(Cl)ccc1N1CC(c2ccccc2)C1. The quantitative estimate of drug-likeness (QED) is 0.937. The molecule has 1 saturated heterocycles. The highest BCUT2D eigenvalue weighted by Crippen LogP contribution is 2.34. The number of hydrogen-bond acceptors (Lipinski definition) is 2. The van der Waals surface area contributed by atoms with E-state index in [-0.39, 0.29) is 5.56 Å². The summed E-state index contributed by atoms with van der Waals surface area (Å²) in [6, 6.07) is 15.3. The Balaban J connectivity index is 1.79. The maximum Gasteiger partial charge on any atom is 0.337 e. The van der Waals surface area contributed by atoms with E-state index in [1.807, 2.05) is 18.2 Å². The summed E-state index contributed by atoms with van der Waals surface area (Å²) in [5.74, 6) is -0.473. The van der Waals surface area contributed by atoms with Crippen LogP contribution in [0.25, 0.3) is 0 Å². The number of rotatable bonds is 3. The van der Waals surface area contributed by atoms with Crippen molar-refractivity contribution in [3.8, 4) is 0 Å². The van der Waals surface area contributed by atoms with Gasteiger partial charge in [0.25, 0.3) is 0 Å². The van der Waals surface area contributed by atoms with Crippen molar-refractivity contribution in [2.24, 2.45) is 0 Å². The molecule has 0 unspecified atom stereocenters. The Hall–Kier alpha value is -2.00. The zero-order valence-corrected chi connectivity index (χ0v) is 11.5. The summed E-state index contributed by atoms with van der Waals surface area (Å²) in [7, 11) is 0. The van der Waals surface area contributed by atoms with Gasteiger partial charge in [-0.2, -0.15) is 0 Å². The Kier molecular flexibility index (Phi) is 3.36. The van der Waals surface area contributed by atoms with Gasteiger partial charge in [-0.05, 0) is 23.8 Å². The van der Waals surface area contributed by atoms with Gasteiger partial charge in [0.05, 0.1) is 11.3 Å². The molecular weight excluding hydrogens is 274 g/mol. The first-order valence-electron chi connectivity index (χ1n) is 6.48. The van der Waals surface area contributed by atoms with Crippen molar-refractivity contribution < 1.29 is 9.90 Å². The number of carbonyl (C=O) groups is 1. The molecular formula is C16H14ClNO2. The van der Waals surface area contributed by atoms with Crippen LogP contribution in [0.5, 0.6) is 0 Å². The number of benzene rings is 2. The van der Waals surface area contributed by atoms with Gasteiger partial charge < -0.3 is 10.0 Å². The summed E-state index contributed by atoms with van der Waals surface area (Å²) in [6.07, 6.45) is 0. The van der Waals surface area contributed by atoms with E-state index in [1.54, 1.807) is 12.1 Å². The van der Waals surface area contributed by atoms with Crippen molar-refractivity contribution in [1.82, 2.24) is 0 Å². The smallest absolute Gasteiger partial charge is 0.337 e. The van der Waals surface area contributed by atoms with Crippen LogP contribution in [-0.2, 0) is 0 Å². The number of hydrogen-bond donors (Lipinski definition) is 1. The van der Waals surface area contributed by atoms with Gasteiger partial charge in [-0.25, -0.2) is 4.79 Å². The molecule has 0 atom stereocenters. The molecule has 0 aliphatic carbocycles. The van der Waals surface area contributed by atoms with Crippen LogP contribution in [0.2, 0.25) is 5.02 Å². The number of carboxylic acid groups (broad SMARTS) is 1. The van der Waals surface area contributed by atoms with Crippen LogP contribution in [0, 0.1) is 0 Å². The first kappa shape index (κ1) is 13.0. The van der Waals surface area contributed by atoms with Crippen LogP contribution >= 0.6 is 11.6 Å². The summed E-state index contributed by atoms with van der Waals surface area (Å²) in [5, 5.41) is 9.71. The molecule has 0 amide bonds. The monoisotopic (exact) mass is 287 g/mol. The predicted molar refractivity (Wildman–Crippen MR) is 79.8 cm³/mol. The lowest BCUT2D eigenvalue weighted by atomic mass is 9.90. The second kappa shape index (κ2) is 5.17. The normalized spacial score (nSPS) is 14.9. The number of aromatic carboxylic acids is 1. The molecule has 1 aliphatic rings. The fraction of sp³-hybridized carbons (Fsp3) is 0.188. The average Bonchev–Trinajstić information content (AvgIpc) is 2.39. The standard InChI is InChI=1S/C16H14ClNO2/c17-13-6-7-15(14(8-13)16(19)20)18-9-12(10-18)11-4-2-1-3-5-11/h1-8,12H,9-10H2,(H,19,20). The molecule has 0 spiro atoms. The van der Waals surface area contributed by atoms with E-state index in [0.717, 1.165) is 18.8 Å². The van der Waals surface area contributed by atoms with Crippen LogP contribution in [0.3, 0.4) is 0 Å². The maximum absolute atomic E-state index is 11.3. The van der Waals surface area contributed by atoms with Crippen LogP contribution < -0.4 is 4.90 Å². The maximum atomic E-state index is 11.3. The molecule has 20 heavy (non-hydrogen) atoms. The van der Waals surface area contributed by atoms with Crippen LogP contribution in [0.15, 0.2) is 48.5 Å². The fourth-order valence-corrected chi connectivity index (χ4v) is 2.74. The van der Waals surface area contributed by atoms with Gasteiger partial charge in [-0.15, -0.1) is 0 Å². The first-order valence-corrected chi connectivity index (χ1v) is 6.85. The highest BCUT2D eigenvalue weighted by atomic mass is 35.5. The third kappa shape index (κ3) is 2.37. The third-order valence-corrected chi connectivity index (χ3v) is 3.92. The van der Waals surface area contributed by atoms with Gasteiger partial charge in [0, 0.05) is 24.0 Å². The molecule has 1 aliphatic heterocycles. The van der Waals surface area contributed by atoms with Gasteiger partial charge in [-0.1, -0.05) is 41.9 Å². The Labute approximate surface area is 122 Å². The molecule has 3 rings (SSSR count). The minimum Gasteiger partial charge on any atom is -0.478 e. The largest absolute Gasteiger partial charge is 0.478 e. The Morgan fingerprint density at radius 1 is 1.15 bits per heavy atom. The third-order valence-electron chi connectivity index (χ3n) is 3.68. The highest BCUT2D eigenvalue weighted by Gasteiger charge is 2.30. The Morgan fingerprint density at radius 2 is 1.85 bits per heavy atom. The van der Waals surface area contributed by atoms with Crippen molar-refractivity contribution in [1.29, 1.82) is 0 Å². The van der Waals surface area contributed by atoms with Crippen LogP contribution in [0.4, 0.5) is 5.69 Å². The summed E-state index contributed by atoms with van der Waals surface area (Å²) in [5.41, 5.74) is 2.31. The average molecular weight is 288 g/mol. The Morgan fingerprint density at radius 3 is 2.50 bits per heavy atom. The lowest BCUT2D eigenvalue weighted by molar-refractivity contribution is 0.0697. The van der Waals surface area contributed by atoms with E-state index >= 15 is 0 Å². The lowest BCUT2D eigenvalue weighted by Crippen LogP contribution is -2.45. The summed E-state index contributed by atoms with van der Waals surface area (Å²) in [6.45, 7) is 1.68. The molecule has 1 fully saturated rings. The fourth-order valence-electron chi connectivity index (χ4n) is 2.57. The minimum absolute atomic E-state index is 0.268. The van der Waals surface area contributed by atoms with Gasteiger partial charge in [0.15, 0.2) is 0 Å². The molecule has 0 bridgehead atoms. The number of halogens is 1. The Bertz CT molecular complexity index is 636. The summed E-state index contributed by atoms with van der Waals surface area (Å²) >= 11 is 5.87. The number of carboxylic acids is 1. The van der Waals surface area contributed by atoms with E-state index in [4.69, 9.17) is 11.6 Å². The van der Waals surface area contributed by atoms with Crippen molar-refractivity contribution in [2.45, 2.75) is 5.92 Å². The van der Waals surface area contributed by atoms with Crippen molar-refractivity contribution in [3.63, 3.8) is 0 Å². The molecule has 0 radical (unpaired) electrons. The van der Waals surface area contributed by atoms with Crippen molar-refractivity contribution >= 4 is 23.3 Å². The zero-order chi connectivity index (χ0) is 14.1.